The minimum atomic E-state index is 0.780. The Hall–Kier alpha value is -1.68. The molecule has 0 amide bonds. The van der Waals surface area contributed by atoms with Gasteiger partial charge in [-0.2, -0.15) is 0 Å². The predicted molar refractivity (Wildman–Crippen MR) is 77.0 cm³/mol. The highest BCUT2D eigenvalue weighted by molar-refractivity contribution is 5.29. The number of hydrogen-bond acceptors (Lipinski definition) is 3. The first kappa shape index (κ1) is 13.7. The molecule has 0 bridgehead atoms. The minimum Gasteiger partial charge on any atom is -0.311 e. The molecule has 19 heavy (non-hydrogen) atoms. The van der Waals surface area contributed by atoms with Gasteiger partial charge in [0.25, 0.3) is 0 Å². The normalized spacial score (nSPS) is 10.9. The van der Waals surface area contributed by atoms with E-state index in [0.717, 1.165) is 31.7 Å². The summed E-state index contributed by atoms with van der Waals surface area (Å²) in [6, 6.07) is 6.52. The van der Waals surface area contributed by atoms with Crippen LogP contribution in [0.5, 0.6) is 0 Å². The SMILES string of the molecule is CCCNCc1cn(Cc2ccc(C)c(C)c2)nn1. The molecule has 0 unspecified atom stereocenters. The fraction of sp³-hybridized carbons (Fsp3) is 0.467. The van der Waals surface area contributed by atoms with Crippen LogP contribution < -0.4 is 5.32 Å². The molecule has 0 aliphatic carbocycles. The van der Waals surface area contributed by atoms with Crippen LogP contribution in [0.3, 0.4) is 0 Å². The zero-order valence-corrected chi connectivity index (χ0v) is 12.0. The van der Waals surface area contributed by atoms with E-state index in [2.05, 4.69) is 54.6 Å². The van der Waals surface area contributed by atoms with E-state index in [-0.39, 0.29) is 0 Å². The van der Waals surface area contributed by atoms with Crippen molar-refractivity contribution in [1.82, 2.24) is 20.3 Å². The first-order valence-corrected chi connectivity index (χ1v) is 6.85. The Kier molecular flexibility index (Phi) is 4.68. The highest BCUT2D eigenvalue weighted by Crippen LogP contribution is 2.10. The van der Waals surface area contributed by atoms with Gasteiger partial charge >= 0.3 is 0 Å². The zero-order chi connectivity index (χ0) is 13.7. The van der Waals surface area contributed by atoms with Crippen molar-refractivity contribution in [2.24, 2.45) is 0 Å². The third kappa shape index (κ3) is 3.89. The second kappa shape index (κ2) is 6.48. The highest BCUT2D eigenvalue weighted by Gasteiger charge is 2.02. The third-order valence-electron chi connectivity index (χ3n) is 3.23. The van der Waals surface area contributed by atoms with E-state index < -0.39 is 0 Å². The number of nitrogens with one attached hydrogen (secondary N) is 1. The van der Waals surface area contributed by atoms with Crippen molar-refractivity contribution in [2.45, 2.75) is 40.3 Å². The summed E-state index contributed by atoms with van der Waals surface area (Å²) in [5.41, 5.74) is 4.91. The van der Waals surface area contributed by atoms with Crippen molar-refractivity contribution in [1.29, 1.82) is 0 Å². The van der Waals surface area contributed by atoms with E-state index in [4.69, 9.17) is 0 Å². The van der Waals surface area contributed by atoms with Gasteiger partial charge in [0.2, 0.25) is 0 Å². The number of aromatic nitrogens is 3. The van der Waals surface area contributed by atoms with E-state index in [1.807, 2.05) is 10.9 Å². The number of hydrogen-bond donors (Lipinski definition) is 1. The van der Waals surface area contributed by atoms with Gasteiger partial charge in [0.15, 0.2) is 0 Å². The lowest BCUT2D eigenvalue weighted by atomic mass is 10.1. The van der Waals surface area contributed by atoms with Crippen LogP contribution in [-0.2, 0) is 13.1 Å². The molecule has 4 heteroatoms. The van der Waals surface area contributed by atoms with Crippen LogP contribution >= 0.6 is 0 Å². The maximum atomic E-state index is 4.17. The van der Waals surface area contributed by atoms with Crippen LogP contribution in [0.4, 0.5) is 0 Å². The van der Waals surface area contributed by atoms with Gasteiger partial charge in [-0.05, 0) is 43.5 Å². The molecule has 1 heterocycles. The van der Waals surface area contributed by atoms with Crippen molar-refractivity contribution >= 4 is 0 Å². The number of benzene rings is 1. The van der Waals surface area contributed by atoms with Crippen LogP contribution in [0.1, 0.15) is 35.7 Å². The quantitative estimate of drug-likeness (QED) is 0.809. The monoisotopic (exact) mass is 258 g/mol. The van der Waals surface area contributed by atoms with Crippen LogP contribution in [0, 0.1) is 13.8 Å². The smallest absolute Gasteiger partial charge is 0.0964 e. The van der Waals surface area contributed by atoms with Crippen molar-refractivity contribution in [3.8, 4) is 0 Å². The second-order valence-corrected chi connectivity index (χ2v) is 5.00. The van der Waals surface area contributed by atoms with Gasteiger partial charge in [-0.1, -0.05) is 30.3 Å². The predicted octanol–water partition coefficient (Wildman–Crippen LogP) is 2.44. The molecule has 4 nitrogen and oxygen atoms in total. The van der Waals surface area contributed by atoms with Crippen molar-refractivity contribution < 1.29 is 0 Å². The molecule has 1 aromatic heterocycles. The van der Waals surface area contributed by atoms with E-state index >= 15 is 0 Å². The molecule has 0 atom stereocenters. The molecule has 0 fully saturated rings. The highest BCUT2D eigenvalue weighted by atomic mass is 15.4. The summed E-state index contributed by atoms with van der Waals surface area (Å²) in [6.45, 7) is 9.02. The maximum Gasteiger partial charge on any atom is 0.0964 e. The molecule has 0 aliphatic rings. The van der Waals surface area contributed by atoms with Crippen LogP contribution in [-0.4, -0.2) is 21.5 Å². The zero-order valence-electron chi connectivity index (χ0n) is 12.0. The topological polar surface area (TPSA) is 42.7 Å². The molecule has 1 aromatic carbocycles. The first-order chi connectivity index (χ1) is 9.19. The molecule has 0 radical (unpaired) electrons. The van der Waals surface area contributed by atoms with Gasteiger partial charge < -0.3 is 5.32 Å². The van der Waals surface area contributed by atoms with Gasteiger partial charge in [-0.25, -0.2) is 4.68 Å². The van der Waals surface area contributed by atoms with Gasteiger partial charge in [-0.3, -0.25) is 0 Å². The maximum absolute atomic E-state index is 4.17. The number of rotatable bonds is 6. The molecule has 2 aromatic rings. The molecule has 0 aliphatic heterocycles. The standard InChI is InChI=1S/C15H22N4/c1-4-7-16-9-15-11-19(18-17-15)10-14-6-5-12(2)13(3)8-14/h5-6,8,11,16H,4,7,9-10H2,1-3H3. The molecule has 0 saturated carbocycles. The average molecular weight is 258 g/mol. The average Bonchev–Trinajstić information content (AvgIpc) is 2.82. The molecule has 0 spiro atoms. The van der Waals surface area contributed by atoms with Gasteiger partial charge in [0.05, 0.1) is 18.4 Å². The van der Waals surface area contributed by atoms with Crippen LogP contribution in [0.25, 0.3) is 0 Å². The van der Waals surface area contributed by atoms with Gasteiger partial charge in [-0.15, -0.1) is 5.10 Å². The Bertz CT molecular complexity index is 531. The van der Waals surface area contributed by atoms with Crippen molar-refractivity contribution in [2.75, 3.05) is 6.54 Å². The summed E-state index contributed by atoms with van der Waals surface area (Å²) < 4.78 is 1.90. The Morgan fingerprint density at radius 2 is 2.05 bits per heavy atom. The Morgan fingerprint density at radius 3 is 2.79 bits per heavy atom. The van der Waals surface area contributed by atoms with Crippen LogP contribution in [0.15, 0.2) is 24.4 Å². The Balaban J connectivity index is 1.97. The molecular formula is C15H22N4. The van der Waals surface area contributed by atoms with E-state index in [9.17, 15) is 0 Å². The number of aryl methyl sites for hydroxylation is 2. The Morgan fingerprint density at radius 1 is 1.21 bits per heavy atom. The summed E-state index contributed by atoms with van der Waals surface area (Å²) in [4.78, 5) is 0. The second-order valence-electron chi connectivity index (χ2n) is 5.00. The third-order valence-corrected chi connectivity index (χ3v) is 3.23. The van der Waals surface area contributed by atoms with Crippen molar-refractivity contribution in [3.05, 3.63) is 46.8 Å². The molecular weight excluding hydrogens is 236 g/mol. The minimum absolute atomic E-state index is 0.780. The summed E-state index contributed by atoms with van der Waals surface area (Å²) in [5.74, 6) is 0. The fourth-order valence-corrected chi connectivity index (χ4v) is 1.98. The lowest BCUT2D eigenvalue weighted by Gasteiger charge is -2.04. The van der Waals surface area contributed by atoms with Gasteiger partial charge in [0.1, 0.15) is 0 Å². The van der Waals surface area contributed by atoms with E-state index in [1.165, 1.54) is 16.7 Å². The molecule has 2 rings (SSSR count). The van der Waals surface area contributed by atoms with Crippen LogP contribution in [0.2, 0.25) is 0 Å². The fourth-order valence-electron chi connectivity index (χ4n) is 1.98. The summed E-state index contributed by atoms with van der Waals surface area (Å²) in [7, 11) is 0. The van der Waals surface area contributed by atoms with Crippen molar-refractivity contribution in [3.63, 3.8) is 0 Å². The number of nitrogens with zero attached hydrogens (tertiary/aromatic N) is 3. The largest absolute Gasteiger partial charge is 0.311 e. The molecule has 102 valence electrons. The lowest BCUT2D eigenvalue weighted by Crippen LogP contribution is -2.13. The summed E-state index contributed by atoms with van der Waals surface area (Å²) >= 11 is 0. The van der Waals surface area contributed by atoms with Gasteiger partial charge in [0, 0.05) is 6.54 Å². The molecule has 1 N–H and O–H groups in total. The summed E-state index contributed by atoms with van der Waals surface area (Å²) in [6.07, 6.45) is 3.15. The van der Waals surface area contributed by atoms with E-state index in [0.29, 0.717) is 0 Å². The summed E-state index contributed by atoms with van der Waals surface area (Å²) in [5, 5.41) is 11.7. The lowest BCUT2D eigenvalue weighted by molar-refractivity contribution is 0.645. The van der Waals surface area contributed by atoms with E-state index in [1.54, 1.807) is 0 Å². The first-order valence-electron chi connectivity index (χ1n) is 6.85. The molecule has 0 saturated heterocycles. The Labute approximate surface area is 114 Å².